The molecule has 0 atom stereocenters. The maximum atomic E-state index is 12.2. The number of rotatable bonds is 4. The molecule has 0 spiro atoms. The van der Waals surface area contributed by atoms with Crippen molar-refractivity contribution in [3.63, 3.8) is 0 Å². The average molecular weight is 333 g/mol. The molecule has 0 aliphatic carbocycles. The zero-order valence-corrected chi connectivity index (χ0v) is 13.1. The predicted molar refractivity (Wildman–Crippen MR) is 86.5 cm³/mol. The maximum absolute atomic E-state index is 12.2. The highest BCUT2D eigenvalue weighted by atomic mass is 32.2. The molecule has 0 aliphatic rings. The van der Waals surface area contributed by atoms with Gasteiger partial charge in [-0.2, -0.15) is 0 Å². The Labute approximate surface area is 133 Å². The molecule has 0 aromatic heterocycles. The van der Waals surface area contributed by atoms with Gasteiger partial charge in [0.1, 0.15) is 0 Å². The van der Waals surface area contributed by atoms with Crippen molar-refractivity contribution in [2.24, 2.45) is 5.14 Å². The maximum Gasteiger partial charge on any atom is 0.255 e. The van der Waals surface area contributed by atoms with Gasteiger partial charge in [0.05, 0.1) is 4.90 Å². The van der Waals surface area contributed by atoms with Crippen molar-refractivity contribution in [2.45, 2.75) is 11.8 Å². The normalized spacial score (nSPS) is 10.9. The molecule has 0 saturated heterocycles. The summed E-state index contributed by atoms with van der Waals surface area (Å²) >= 11 is 0. The molecule has 2 aromatic rings. The molecule has 0 bridgehead atoms. The first-order valence-corrected chi connectivity index (χ1v) is 8.12. The van der Waals surface area contributed by atoms with E-state index < -0.39 is 10.0 Å². The van der Waals surface area contributed by atoms with Gasteiger partial charge in [-0.05, 0) is 42.5 Å². The van der Waals surface area contributed by atoms with E-state index >= 15 is 0 Å². The summed E-state index contributed by atoms with van der Waals surface area (Å²) < 4.78 is 22.3. The molecule has 4 N–H and O–H groups in total. The number of sulfonamides is 1. The van der Waals surface area contributed by atoms with Crippen molar-refractivity contribution in [3.05, 3.63) is 54.1 Å². The van der Waals surface area contributed by atoms with Gasteiger partial charge in [-0.3, -0.25) is 9.59 Å². The molecule has 23 heavy (non-hydrogen) atoms. The molecule has 7 nitrogen and oxygen atoms in total. The summed E-state index contributed by atoms with van der Waals surface area (Å²) in [5, 5.41) is 10.2. The van der Waals surface area contributed by atoms with Crippen LogP contribution in [-0.4, -0.2) is 20.2 Å². The van der Waals surface area contributed by atoms with E-state index in [2.05, 4.69) is 10.6 Å². The predicted octanol–water partition coefficient (Wildman–Crippen LogP) is 1.54. The number of anilines is 2. The molecule has 120 valence electrons. The zero-order valence-electron chi connectivity index (χ0n) is 12.2. The van der Waals surface area contributed by atoms with E-state index in [-0.39, 0.29) is 16.7 Å². The lowest BCUT2D eigenvalue weighted by molar-refractivity contribution is -0.114. The summed E-state index contributed by atoms with van der Waals surface area (Å²) in [5.41, 5.74) is 1.29. The summed E-state index contributed by atoms with van der Waals surface area (Å²) in [6, 6.07) is 11.9. The molecular weight excluding hydrogens is 318 g/mol. The minimum Gasteiger partial charge on any atom is -0.326 e. The first-order valence-electron chi connectivity index (χ1n) is 6.57. The van der Waals surface area contributed by atoms with Crippen molar-refractivity contribution in [3.8, 4) is 0 Å². The van der Waals surface area contributed by atoms with Gasteiger partial charge in [-0.1, -0.05) is 6.07 Å². The number of hydrogen-bond donors (Lipinski definition) is 3. The Kier molecular flexibility index (Phi) is 4.77. The van der Waals surface area contributed by atoms with Gasteiger partial charge in [0, 0.05) is 23.9 Å². The van der Waals surface area contributed by atoms with E-state index in [1.807, 2.05) is 0 Å². The molecule has 0 fully saturated rings. The average Bonchev–Trinajstić information content (AvgIpc) is 2.46. The highest BCUT2D eigenvalue weighted by Gasteiger charge is 2.10. The van der Waals surface area contributed by atoms with E-state index in [1.165, 1.54) is 37.3 Å². The van der Waals surface area contributed by atoms with Gasteiger partial charge in [0.2, 0.25) is 15.9 Å². The second-order valence-electron chi connectivity index (χ2n) is 4.79. The highest BCUT2D eigenvalue weighted by Crippen LogP contribution is 2.15. The quantitative estimate of drug-likeness (QED) is 0.786. The molecule has 0 radical (unpaired) electrons. The Morgan fingerprint density at radius 2 is 1.61 bits per heavy atom. The first kappa shape index (κ1) is 16.7. The van der Waals surface area contributed by atoms with Gasteiger partial charge in [0.15, 0.2) is 0 Å². The molecule has 0 unspecified atom stereocenters. The number of amides is 2. The number of benzene rings is 2. The molecule has 0 saturated carbocycles. The number of carbonyl (C=O) groups excluding carboxylic acids is 2. The van der Waals surface area contributed by atoms with Gasteiger partial charge in [0.25, 0.3) is 5.91 Å². The van der Waals surface area contributed by atoms with Crippen molar-refractivity contribution in [1.82, 2.24) is 0 Å². The van der Waals surface area contributed by atoms with Crippen LogP contribution in [0.1, 0.15) is 17.3 Å². The van der Waals surface area contributed by atoms with Gasteiger partial charge < -0.3 is 10.6 Å². The van der Waals surface area contributed by atoms with Crippen molar-refractivity contribution in [1.29, 1.82) is 0 Å². The van der Waals surface area contributed by atoms with E-state index in [0.29, 0.717) is 16.9 Å². The van der Waals surface area contributed by atoms with Gasteiger partial charge >= 0.3 is 0 Å². The molecular formula is C15H15N3O4S. The molecule has 0 aliphatic heterocycles. The summed E-state index contributed by atoms with van der Waals surface area (Å²) in [5.74, 6) is -0.623. The largest absolute Gasteiger partial charge is 0.326 e. The SMILES string of the molecule is CC(=O)Nc1cccc(C(=O)Nc2ccc(S(N)(=O)=O)cc2)c1. The number of carbonyl (C=O) groups is 2. The van der Waals surface area contributed by atoms with Crippen LogP contribution in [0.5, 0.6) is 0 Å². The summed E-state index contributed by atoms with van der Waals surface area (Å²) in [4.78, 5) is 23.2. The monoisotopic (exact) mass is 333 g/mol. The van der Waals surface area contributed by atoms with Crippen LogP contribution < -0.4 is 15.8 Å². The number of nitrogens with two attached hydrogens (primary N) is 1. The Hall–Kier alpha value is -2.71. The minimum atomic E-state index is -3.77. The lowest BCUT2D eigenvalue weighted by atomic mass is 10.2. The van der Waals surface area contributed by atoms with Crippen LogP contribution in [0.4, 0.5) is 11.4 Å². The third kappa shape index (κ3) is 4.63. The van der Waals surface area contributed by atoms with E-state index in [1.54, 1.807) is 18.2 Å². The fourth-order valence-corrected chi connectivity index (χ4v) is 2.39. The summed E-state index contributed by atoms with van der Waals surface area (Å²) in [7, 11) is -3.77. The van der Waals surface area contributed by atoms with Crippen LogP contribution in [0.25, 0.3) is 0 Å². The van der Waals surface area contributed by atoms with E-state index in [4.69, 9.17) is 5.14 Å². The summed E-state index contributed by atoms with van der Waals surface area (Å²) in [6.45, 7) is 1.37. The first-order chi connectivity index (χ1) is 10.8. The van der Waals surface area contributed by atoms with Crippen LogP contribution in [0.15, 0.2) is 53.4 Å². The van der Waals surface area contributed by atoms with Crippen LogP contribution in [0.3, 0.4) is 0 Å². The highest BCUT2D eigenvalue weighted by molar-refractivity contribution is 7.89. The van der Waals surface area contributed by atoms with Gasteiger partial charge in [-0.25, -0.2) is 13.6 Å². The van der Waals surface area contributed by atoms with Crippen molar-refractivity contribution < 1.29 is 18.0 Å². The van der Waals surface area contributed by atoms with Crippen molar-refractivity contribution in [2.75, 3.05) is 10.6 Å². The lowest BCUT2D eigenvalue weighted by Crippen LogP contribution is -2.14. The van der Waals surface area contributed by atoms with Crippen LogP contribution in [0.2, 0.25) is 0 Å². The van der Waals surface area contributed by atoms with Crippen LogP contribution >= 0.6 is 0 Å². The molecule has 2 amide bonds. The van der Waals surface area contributed by atoms with Crippen molar-refractivity contribution >= 4 is 33.2 Å². The lowest BCUT2D eigenvalue weighted by Gasteiger charge is -2.08. The number of nitrogens with one attached hydrogen (secondary N) is 2. The van der Waals surface area contributed by atoms with E-state index in [9.17, 15) is 18.0 Å². The van der Waals surface area contributed by atoms with Crippen LogP contribution in [-0.2, 0) is 14.8 Å². The minimum absolute atomic E-state index is 0.0387. The Morgan fingerprint density at radius 3 is 2.17 bits per heavy atom. The fourth-order valence-electron chi connectivity index (χ4n) is 1.87. The van der Waals surface area contributed by atoms with Gasteiger partial charge in [-0.15, -0.1) is 0 Å². The third-order valence-corrected chi connectivity index (χ3v) is 3.82. The molecule has 2 aromatic carbocycles. The number of primary sulfonamides is 1. The third-order valence-electron chi connectivity index (χ3n) is 2.89. The second-order valence-corrected chi connectivity index (χ2v) is 6.35. The molecule has 0 heterocycles. The second kappa shape index (κ2) is 6.59. The van der Waals surface area contributed by atoms with Crippen LogP contribution in [0, 0.1) is 0 Å². The summed E-state index contributed by atoms with van der Waals surface area (Å²) in [6.07, 6.45) is 0. The standard InChI is InChI=1S/C15H15N3O4S/c1-10(19)17-13-4-2-3-11(9-13)15(20)18-12-5-7-14(8-6-12)23(16,21)22/h2-9H,1H3,(H,17,19)(H,18,20)(H2,16,21,22). The smallest absolute Gasteiger partial charge is 0.255 e. The zero-order chi connectivity index (χ0) is 17.0. The Balaban J connectivity index is 2.14. The molecule has 2 rings (SSSR count). The Morgan fingerprint density at radius 1 is 0.957 bits per heavy atom. The topological polar surface area (TPSA) is 118 Å². The molecule has 8 heteroatoms. The Bertz CT molecular complexity index is 845. The fraction of sp³-hybridized carbons (Fsp3) is 0.0667. The van der Waals surface area contributed by atoms with E-state index in [0.717, 1.165) is 0 Å². The number of hydrogen-bond acceptors (Lipinski definition) is 4.